The van der Waals surface area contributed by atoms with Crippen molar-refractivity contribution in [3.63, 3.8) is 0 Å². The van der Waals surface area contributed by atoms with Gasteiger partial charge in [0, 0.05) is 42.4 Å². The minimum absolute atomic E-state index is 0.00786. The predicted octanol–water partition coefficient (Wildman–Crippen LogP) is 6.16. The first-order chi connectivity index (χ1) is 25.2. The van der Waals surface area contributed by atoms with E-state index < -0.39 is 23.3 Å². The summed E-state index contributed by atoms with van der Waals surface area (Å²) in [7, 11) is 0. The lowest BCUT2D eigenvalue weighted by atomic mass is 9.95. The van der Waals surface area contributed by atoms with E-state index in [0.717, 1.165) is 43.6 Å². The van der Waals surface area contributed by atoms with Gasteiger partial charge in [0.15, 0.2) is 5.82 Å². The molecule has 4 atom stereocenters. The number of amides is 1. The number of hydrogen-bond donors (Lipinski definition) is 1. The molecule has 0 radical (unpaired) electrons. The zero-order valence-electron chi connectivity index (χ0n) is 27.7. The van der Waals surface area contributed by atoms with Gasteiger partial charge < -0.3 is 20.3 Å². The van der Waals surface area contributed by atoms with Crippen molar-refractivity contribution in [1.29, 1.82) is 5.26 Å². The van der Waals surface area contributed by atoms with Gasteiger partial charge in [0.2, 0.25) is 0 Å². The van der Waals surface area contributed by atoms with Crippen molar-refractivity contribution in [3.8, 4) is 23.2 Å². The number of nitrogen functional groups attached to an aromatic ring is 1. The van der Waals surface area contributed by atoms with Crippen molar-refractivity contribution in [2.24, 2.45) is 0 Å². The van der Waals surface area contributed by atoms with Gasteiger partial charge in [-0.3, -0.25) is 4.90 Å². The maximum atomic E-state index is 17.2. The molecule has 9 rings (SSSR count). The fraction of sp³-hybridized carbons (Fsp3) is 0.429. The van der Waals surface area contributed by atoms with E-state index in [1.807, 2.05) is 6.07 Å². The Balaban J connectivity index is 1.18. The van der Waals surface area contributed by atoms with Gasteiger partial charge in [0.05, 0.1) is 32.9 Å². The number of nitrogens with zero attached hydrogens (tertiary/aromatic N) is 9. The summed E-state index contributed by atoms with van der Waals surface area (Å²) >= 11 is 7.84. The van der Waals surface area contributed by atoms with Crippen LogP contribution in [0.5, 0.6) is 6.01 Å². The van der Waals surface area contributed by atoms with E-state index >= 15 is 4.39 Å². The molecular weight excluding hydrogens is 717 g/mol. The van der Waals surface area contributed by atoms with E-state index in [9.17, 15) is 18.8 Å². The monoisotopic (exact) mass is 748 g/mol. The topological polar surface area (TPSA) is 142 Å². The number of nitrogens with two attached hydrogens (primary N) is 1. The van der Waals surface area contributed by atoms with Crippen LogP contribution in [0, 0.1) is 23.0 Å². The lowest BCUT2D eigenvalue weighted by molar-refractivity contribution is 0.107. The zero-order valence-corrected chi connectivity index (χ0v) is 29.3. The van der Waals surface area contributed by atoms with Crippen molar-refractivity contribution in [3.05, 3.63) is 53.1 Å². The minimum Gasteiger partial charge on any atom is -0.461 e. The van der Waals surface area contributed by atoms with E-state index in [1.54, 1.807) is 11.0 Å². The van der Waals surface area contributed by atoms with Gasteiger partial charge in [-0.1, -0.05) is 17.7 Å². The number of thiophene rings is 1. The molecule has 12 nitrogen and oxygen atoms in total. The number of ether oxygens (including phenoxy) is 1. The van der Waals surface area contributed by atoms with E-state index in [4.69, 9.17) is 27.1 Å². The summed E-state index contributed by atoms with van der Waals surface area (Å²) < 4.78 is 54.5. The Morgan fingerprint density at radius 3 is 2.85 bits per heavy atom. The van der Waals surface area contributed by atoms with Crippen molar-refractivity contribution < 1.29 is 22.7 Å². The van der Waals surface area contributed by atoms with Crippen LogP contribution in [0.4, 0.5) is 28.8 Å². The molecule has 4 aliphatic rings. The summed E-state index contributed by atoms with van der Waals surface area (Å²) in [6.07, 6.45) is 5.83. The fourth-order valence-electron chi connectivity index (χ4n) is 8.97. The molecule has 4 fully saturated rings. The molecule has 2 unspecified atom stereocenters. The number of carbonyl (C=O) groups excluding carboxylic acids is 1. The van der Waals surface area contributed by atoms with Gasteiger partial charge in [-0.2, -0.15) is 25.0 Å². The summed E-state index contributed by atoms with van der Waals surface area (Å²) in [4.78, 5) is 32.8. The number of aromatic nitrogens is 5. The Morgan fingerprint density at radius 2 is 2.04 bits per heavy atom. The maximum absolute atomic E-state index is 17.2. The van der Waals surface area contributed by atoms with Gasteiger partial charge in [-0.15, -0.1) is 11.3 Å². The van der Waals surface area contributed by atoms with Crippen LogP contribution in [-0.2, 0) is 0 Å². The number of nitriles is 1. The van der Waals surface area contributed by atoms with E-state index in [1.165, 1.54) is 29.5 Å². The third kappa shape index (κ3) is 5.07. The number of likely N-dealkylation sites (tertiary alicyclic amines) is 1. The van der Waals surface area contributed by atoms with Crippen LogP contribution >= 0.6 is 22.9 Å². The fourth-order valence-corrected chi connectivity index (χ4v) is 10.2. The highest BCUT2D eigenvalue weighted by atomic mass is 35.5. The van der Waals surface area contributed by atoms with Crippen molar-refractivity contribution in [2.45, 2.75) is 62.3 Å². The summed E-state index contributed by atoms with van der Waals surface area (Å²) in [5, 5.41) is 14.6. The Morgan fingerprint density at radius 1 is 1.17 bits per heavy atom. The third-order valence-corrected chi connectivity index (χ3v) is 12.5. The molecule has 5 aromatic rings. The summed E-state index contributed by atoms with van der Waals surface area (Å²) in [6, 6.07) is 5.51. The Hall–Kier alpha value is -4.72. The molecule has 4 saturated heterocycles. The number of halogens is 4. The number of piperidine rings is 1. The normalized spacial score (nSPS) is 24.5. The van der Waals surface area contributed by atoms with Gasteiger partial charge in [0.1, 0.15) is 53.7 Å². The largest absolute Gasteiger partial charge is 0.461 e. The number of fused-ring (bicyclic) bond motifs is 4. The molecular formula is C35H32ClF3N10O2S. The first-order valence-electron chi connectivity index (χ1n) is 17.2. The Bertz CT molecular complexity index is 2300. The van der Waals surface area contributed by atoms with Gasteiger partial charge in [0.25, 0.3) is 0 Å². The SMILES string of the molecule is N#Cc1c(N)sc2c(F)ccc(-c3c(Cl)cc4c(N5CCCC6C5CCN6C(=O)n5cncn5)nc(OC[C@@]56CCCN5C[C@H](F)C6)nc4c3F)c12. The summed E-state index contributed by atoms with van der Waals surface area (Å²) in [5.74, 6) is -0.995. The molecule has 0 bridgehead atoms. The molecule has 1 amide bonds. The summed E-state index contributed by atoms with van der Waals surface area (Å²) in [6.45, 7) is 2.29. The number of carbonyl (C=O) groups is 1. The minimum atomic E-state index is -0.966. The Kier molecular flexibility index (Phi) is 7.94. The van der Waals surface area contributed by atoms with Gasteiger partial charge >= 0.3 is 12.0 Å². The molecule has 2 N–H and O–H groups in total. The molecule has 17 heteroatoms. The lowest BCUT2D eigenvalue weighted by Gasteiger charge is -2.40. The number of alkyl halides is 1. The van der Waals surface area contributed by atoms with Crippen LogP contribution in [0.1, 0.15) is 44.1 Å². The van der Waals surface area contributed by atoms with E-state index in [-0.39, 0.29) is 73.0 Å². The molecule has 0 saturated carbocycles. The first kappa shape index (κ1) is 33.1. The third-order valence-electron chi connectivity index (χ3n) is 11.2. The van der Waals surface area contributed by atoms with Crippen molar-refractivity contribution in [2.75, 3.05) is 43.4 Å². The highest BCUT2D eigenvalue weighted by Crippen LogP contribution is 2.47. The molecule has 4 aliphatic heterocycles. The molecule has 268 valence electrons. The number of hydrogen-bond acceptors (Lipinski definition) is 11. The number of benzene rings is 2. The first-order valence-corrected chi connectivity index (χ1v) is 18.4. The van der Waals surface area contributed by atoms with Crippen LogP contribution in [0.15, 0.2) is 30.9 Å². The van der Waals surface area contributed by atoms with Crippen LogP contribution < -0.4 is 15.4 Å². The highest BCUT2D eigenvalue weighted by molar-refractivity contribution is 7.23. The standard InChI is InChI=1S/C35H32ClF3N10O2S/c36-22-11-20-29(28(39)27(22)19-4-5-23(38)30-26(19)21(13-40)31(41)52-30)44-33(51-15-35-7-2-8-46(35)14-18(37)12-35)45-32(20)47-9-1-3-24-25(47)6-10-48(24)34(50)49-17-42-16-43-49/h4-5,11,16-18,24-25H,1-3,6-10,12,14-15,41H2/t18-,24?,25?,35+/m1/s1. The molecule has 0 aliphatic carbocycles. The van der Waals surface area contributed by atoms with Crippen LogP contribution in [0.3, 0.4) is 0 Å². The van der Waals surface area contributed by atoms with Gasteiger partial charge in [-0.25, -0.2) is 22.9 Å². The molecule has 3 aromatic heterocycles. The second-order valence-corrected chi connectivity index (χ2v) is 15.4. The maximum Gasteiger partial charge on any atom is 0.346 e. The van der Waals surface area contributed by atoms with Crippen LogP contribution in [0.2, 0.25) is 5.02 Å². The van der Waals surface area contributed by atoms with Crippen molar-refractivity contribution >= 4 is 60.8 Å². The lowest BCUT2D eigenvalue weighted by Crippen LogP contribution is -2.52. The molecule has 2 aromatic carbocycles. The number of anilines is 2. The summed E-state index contributed by atoms with van der Waals surface area (Å²) in [5.41, 5.74) is 5.68. The smallest absolute Gasteiger partial charge is 0.346 e. The van der Waals surface area contributed by atoms with Crippen LogP contribution in [-0.4, -0.2) is 97.1 Å². The molecule has 7 heterocycles. The quantitative estimate of drug-likeness (QED) is 0.222. The predicted molar refractivity (Wildman–Crippen MR) is 189 cm³/mol. The number of rotatable bonds is 5. The van der Waals surface area contributed by atoms with Gasteiger partial charge in [-0.05, 0) is 56.3 Å². The average molecular weight is 749 g/mol. The zero-order chi connectivity index (χ0) is 35.9. The van der Waals surface area contributed by atoms with E-state index in [2.05, 4.69) is 24.9 Å². The second-order valence-electron chi connectivity index (χ2n) is 14.0. The van der Waals surface area contributed by atoms with E-state index in [0.29, 0.717) is 43.7 Å². The van der Waals surface area contributed by atoms with Crippen molar-refractivity contribution in [1.82, 2.24) is 34.5 Å². The average Bonchev–Trinajstić information content (AvgIpc) is 3.97. The van der Waals surface area contributed by atoms with Crippen LogP contribution in [0.25, 0.3) is 32.1 Å². The second kappa shape index (κ2) is 12.5. The molecule has 0 spiro atoms. The molecule has 52 heavy (non-hydrogen) atoms. The highest BCUT2D eigenvalue weighted by Gasteiger charge is 2.50. The Labute approximate surface area is 304 Å².